The number of esters is 1. The number of nitrogens with zero attached hydrogens (tertiary/aromatic N) is 3. The molecule has 43 heavy (non-hydrogen) atoms. The number of carbonyl (C=O) groups excluding carboxylic acids is 2. The fourth-order valence-electron chi connectivity index (χ4n) is 5.37. The van der Waals surface area contributed by atoms with Crippen molar-refractivity contribution in [3.8, 4) is 5.88 Å². The average molecular weight is 584 g/mol. The first-order valence-corrected chi connectivity index (χ1v) is 14.2. The van der Waals surface area contributed by atoms with Gasteiger partial charge in [-0.1, -0.05) is 30.3 Å². The summed E-state index contributed by atoms with van der Waals surface area (Å²) in [5.41, 5.74) is 7.10. The topological polar surface area (TPSA) is 119 Å². The van der Waals surface area contributed by atoms with Crippen LogP contribution in [0.25, 0.3) is 10.9 Å². The predicted octanol–water partition coefficient (Wildman–Crippen LogP) is 4.43. The molecule has 1 amide bonds. The number of hydrogen-bond donors (Lipinski definition) is 3. The van der Waals surface area contributed by atoms with Crippen molar-refractivity contribution in [3.63, 3.8) is 0 Å². The fraction of sp³-hybridized carbons (Fsp3) is 0.303. The Bertz CT molecular complexity index is 1630. The van der Waals surface area contributed by atoms with Crippen LogP contribution in [0.5, 0.6) is 5.88 Å². The second-order valence-corrected chi connectivity index (χ2v) is 10.9. The number of likely N-dealkylation sites (tertiary alicyclic amines) is 1. The molecule has 1 aliphatic heterocycles. The van der Waals surface area contributed by atoms with Crippen LogP contribution in [0.4, 0.5) is 5.69 Å². The lowest BCUT2D eigenvalue weighted by Gasteiger charge is -2.20. The fourth-order valence-corrected chi connectivity index (χ4v) is 5.37. The van der Waals surface area contributed by atoms with Crippen LogP contribution in [-0.2, 0) is 9.57 Å². The summed E-state index contributed by atoms with van der Waals surface area (Å²) in [6.45, 7) is 5.01. The molecule has 0 saturated carbocycles. The molecule has 1 fully saturated rings. The Morgan fingerprint density at radius 2 is 1.84 bits per heavy atom. The number of H-pyrrole nitrogens is 1. The summed E-state index contributed by atoms with van der Waals surface area (Å²) in [5, 5.41) is 11.7. The number of aryl methyl sites for hydroxylation is 1. The number of benzene rings is 3. The van der Waals surface area contributed by atoms with Crippen molar-refractivity contribution in [1.29, 1.82) is 0 Å². The minimum absolute atomic E-state index is 0.0710. The van der Waals surface area contributed by atoms with E-state index in [1.807, 2.05) is 43.3 Å². The number of likely N-dealkylation sites (N-methyl/N-ethyl adjacent to an activating group) is 1. The summed E-state index contributed by atoms with van der Waals surface area (Å²) in [4.78, 5) is 42.8. The smallest absolute Gasteiger partial charge is 0.338 e. The maximum atomic E-state index is 12.7. The summed E-state index contributed by atoms with van der Waals surface area (Å²) in [7, 11) is 5.53. The molecule has 0 unspecified atom stereocenters. The van der Waals surface area contributed by atoms with Crippen molar-refractivity contribution < 1.29 is 24.3 Å². The molecule has 10 heteroatoms. The van der Waals surface area contributed by atoms with Gasteiger partial charge in [0.15, 0.2) is 5.88 Å². The number of nitrogens with one attached hydrogen (secondary N) is 2. The van der Waals surface area contributed by atoms with Crippen LogP contribution in [0.3, 0.4) is 0 Å². The van der Waals surface area contributed by atoms with Gasteiger partial charge in [0.2, 0.25) is 0 Å². The van der Waals surface area contributed by atoms with E-state index in [-0.39, 0.29) is 11.8 Å². The maximum Gasteiger partial charge on any atom is 0.338 e. The Morgan fingerprint density at radius 3 is 2.51 bits per heavy atom. The zero-order valence-corrected chi connectivity index (χ0v) is 24.9. The van der Waals surface area contributed by atoms with Gasteiger partial charge in [-0.05, 0) is 75.9 Å². The molecule has 10 nitrogen and oxygen atoms in total. The quantitative estimate of drug-likeness (QED) is 0.109. The average Bonchev–Trinajstić information content (AvgIpc) is 3.62. The zero-order chi connectivity index (χ0) is 30.5. The molecule has 0 aliphatic carbocycles. The number of amides is 1. The van der Waals surface area contributed by atoms with Crippen LogP contribution in [0.2, 0.25) is 0 Å². The highest BCUT2D eigenvalue weighted by Gasteiger charge is 2.24. The molecule has 3 aromatic carbocycles. The minimum atomic E-state index is -0.453. The molecule has 0 bridgehead atoms. The van der Waals surface area contributed by atoms with Gasteiger partial charge in [0.25, 0.3) is 5.91 Å². The second kappa shape index (κ2) is 13.2. The normalized spacial score (nSPS) is 15.7. The van der Waals surface area contributed by atoms with Gasteiger partial charge in [0.1, 0.15) is 0 Å². The number of ether oxygens (including phenoxy) is 1. The Morgan fingerprint density at radius 1 is 1.09 bits per heavy atom. The number of methoxy groups -OCH3 is 1. The molecule has 0 radical (unpaired) electrons. The molecule has 1 atom stereocenters. The first-order chi connectivity index (χ1) is 20.7. The maximum absolute atomic E-state index is 12.7. The van der Waals surface area contributed by atoms with Gasteiger partial charge in [0, 0.05) is 41.2 Å². The van der Waals surface area contributed by atoms with Gasteiger partial charge in [0.05, 0.1) is 36.2 Å². The highest BCUT2D eigenvalue weighted by molar-refractivity contribution is 6.22. The predicted molar refractivity (Wildman–Crippen MR) is 166 cm³/mol. The summed E-state index contributed by atoms with van der Waals surface area (Å²) in [5.74, 6) is -0.859. The van der Waals surface area contributed by atoms with Gasteiger partial charge in [-0.15, -0.1) is 0 Å². The standard InChI is InChI=1S/C33H37N5O5/c1-21-18-27-28(19-26(21)33(41)42-4)35-32(40)29(27)30(22-8-6-5-7-9-22)34-24-12-10-23(11-13-24)31(39)36-43-17-16-38-15-14-25(20-38)37(2)3/h5-13,18-19,25,35,40H,14-17,20H2,1-4H3,(H,36,39)/t25-/m0/s1. The van der Waals surface area contributed by atoms with E-state index in [1.54, 1.807) is 30.3 Å². The van der Waals surface area contributed by atoms with E-state index in [0.29, 0.717) is 57.2 Å². The largest absolute Gasteiger partial charge is 0.494 e. The molecule has 3 N–H and O–H groups in total. The second-order valence-electron chi connectivity index (χ2n) is 10.9. The van der Waals surface area contributed by atoms with Crippen molar-refractivity contribution in [3.05, 3.63) is 94.5 Å². The van der Waals surface area contributed by atoms with E-state index in [2.05, 4.69) is 34.4 Å². The number of rotatable bonds is 10. The van der Waals surface area contributed by atoms with Crippen molar-refractivity contribution >= 4 is 34.2 Å². The van der Waals surface area contributed by atoms with Crippen molar-refractivity contribution in [2.45, 2.75) is 19.4 Å². The first-order valence-electron chi connectivity index (χ1n) is 14.2. The number of hydrogen-bond acceptors (Lipinski definition) is 8. The van der Waals surface area contributed by atoms with E-state index >= 15 is 0 Å². The summed E-state index contributed by atoms with van der Waals surface area (Å²) in [6, 6.07) is 20.5. The molecule has 5 rings (SSSR count). The first kappa shape index (κ1) is 30.0. The van der Waals surface area contributed by atoms with Crippen LogP contribution in [-0.4, -0.2) is 91.0 Å². The van der Waals surface area contributed by atoms with Gasteiger partial charge in [-0.2, -0.15) is 0 Å². The number of carbonyl (C=O) groups is 2. The van der Waals surface area contributed by atoms with Crippen LogP contribution >= 0.6 is 0 Å². The number of fused-ring (bicyclic) bond motifs is 1. The lowest BCUT2D eigenvalue weighted by molar-refractivity contribution is 0.0239. The molecular formula is C33H37N5O5. The summed E-state index contributed by atoms with van der Waals surface area (Å²) < 4.78 is 4.91. The monoisotopic (exact) mass is 583 g/mol. The van der Waals surface area contributed by atoms with Crippen LogP contribution in [0.1, 0.15) is 43.8 Å². The van der Waals surface area contributed by atoms with E-state index in [4.69, 9.17) is 14.6 Å². The lowest BCUT2D eigenvalue weighted by atomic mass is 9.98. The van der Waals surface area contributed by atoms with Gasteiger partial charge in [-0.3, -0.25) is 14.5 Å². The van der Waals surface area contributed by atoms with Crippen molar-refractivity contribution in [2.75, 3.05) is 47.4 Å². The van der Waals surface area contributed by atoms with Crippen molar-refractivity contribution in [2.24, 2.45) is 4.99 Å². The number of aromatic hydroxyl groups is 1. The third-order valence-electron chi connectivity index (χ3n) is 7.84. The third kappa shape index (κ3) is 6.77. The molecule has 2 heterocycles. The zero-order valence-electron chi connectivity index (χ0n) is 24.9. The Hall–Kier alpha value is -4.51. The highest BCUT2D eigenvalue weighted by atomic mass is 16.7. The third-order valence-corrected chi connectivity index (χ3v) is 7.84. The Balaban J connectivity index is 1.34. The van der Waals surface area contributed by atoms with E-state index in [9.17, 15) is 14.7 Å². The van der Waals surface area contributed by atoms with Gasteiger partial charge >= 0.3 is 5.97 Å². The van der Waals surface area contributed by atoms with Crippen molar-refractivity contribution in [1.82, 2.24) is 20.3 Å². The van der Waals surface area contributed by atoms with Gasteiger partial charge in [-0.25, -0.2) is 15.3 Å². The van der Waals surface area contributed by atoms with Crippen LogP contribution < -0.4 is 5.48 Å². The van der Waals surface area contributed by atoms with Crippen LogP contribution in [0.15, 0.2) is 71.7 Å². The molecule has 1 saturated heterocycles. The SMILES string of the molecule is COC(=O)c1cc2[nH]c(O)c(C(=Nc3ccc(C(=O)NOCCN4CC[C@H](N(C)C)C4)cc3)c3ccccc3)c2cc1C. The lowest BCUT2D eigenvalue weighted by Crippen LogP contribution is -2.34. The van der Waals surface area contributed by atoms with E-state index in [1.165, 1.54) is 7.11 Å². The number of aliphatic imine (C=N–C) groups is 1. The molecular weight excluding hydrogens is 546 g/mol. The summed E-state index contributed by atoms with van der Waals surface area (Å²) in [6.07, 6.45) is 1.13. The molecule has 4 aromatic rings. The van der Waals surface area contributed by atoms with Crippen LogP contribution in [0, 0.1) is 6.92 Å². The van der Waals surface area contributed by atoms with E-state index in [0.717, 1.165) is 31.6 Å². The molecule has 224 valence electrons. The Labute approximate surface area is 250 Å². The van der Waals surface area contributed by atoms with Gasteiger partial charge < -0.3 is 19.7 Å². The molecule has 0 spiro atoms. The van der Waals surface area contributed by atoms with E-state index < -0.39 is 5.97 Å². The highest BCUT2D eigenvalue weighted by Crippen LogP contribution is 2.33. The number of hydroxylamine groups is 1. The number of aromatic nitrogens is 1. The molecule has 1 aromatic heterocycles. The number of aromatic amines is 1. The molecule has 1 aliphatic rings. The summed E-state index contributed by atoms with van der Waals surface area (Å²) >= 11 is 0. The Kier molecular flexibility index (Phi) is 9.20. The minimum Gasteiger partial charge on any atom is -0.494 e.